The number of anilines is 1. The lowest BCUT2D eigenvalue weighted by atomic mass is 10.2. The van der Waals surface area contributed by atoms with E-state index in [1.807, 2.05) is 13.8 Å². The third-order valence-corrected chi connectivity index (χ3v) is 1.73. The molecule has 14 heavy (non-hydrogen) atoms. The second kappa shape index (κ2) is 3.69. The highest BCUT2D eigenvalue weighted by Crippen LogP contribution is 2.24. The van der Waals surface area contributed by atoms with E-state index in [0.29, 0.717) is 11.8 Å². The van der Waals surface area contributed by atoms with Crippen LogP contribution in [-0.4, -0.2) is 30.2 Å². The lowest BCUT2D eigenvalue weighted by molar-refractivity contribution is 0.0691. The number of carboxylic acids is 1. The number of aromatic nitrogens is 1. The van der Waals surface area contributed by atoms with Crippen LogP contribution in [0.15, 0.2) is 4.42 Å². The molecule has 0 atom stereocenters. The second-order valence-electron chi connectivity index (χ2n) is 3.56. The molecule has 0 saturated carbocycles. The van der Waals surface area contributed by atoms with Crippen molar-refractivity contribution in [1.29, 1.82) is 0 Å². The minimum Gasteiger partial charge on any atom is -0.476 e. The van der Waals surface area contributed by atoms with Crippen LogP contribution < -0.4 is 4.90 Å². The van der Waals surface area contributed by atoms with Gasteiger partial charge >= 0.3 is 5.97 Å². The first-order valence-electron chi connectivity index (χ1n) is 4.34. The van der Waals surface area contributed by atoms with E-state index in [0.717, 1.165) is 0 Å². The standard InChI is InChI=1S/C9H14N2O3/c1-5(2)7-10-6(9(12)13)8(14-7)11(3)4/h5H,1-4H3,(H,12,13). The molecule has 0 unspecified atom stereocenters. The number of carbonyl (C=O) groups is 1. The molecule has 0 radical (unpaired) electrons. The SMILES string of the molecule is CC(C)c1nc(C(=O)O)c(N(C)C)o1. The van der Waals surface area contributed by atoms with Crippen molar-refractivity contribution in [3.8, 4) is 0 Å². The number of hydrogen-bond acceptors (Lipinski definition) is 4. The number of nitrogens with zero attached hydrogens (tertiary/aromatic N) is 2. The predicted octanol–water partition coefficient (Wildman–Crippen LogP) is 1.56. The summed E-state index contributed by atoms with van der Waals surface area (Å²) in [6, 6.07) is 0. The summed E-state index contributed by atoms with van der Waals surface area (Å²) >= 11 is 0. The van der Waals surface area contributed by atoms with Gasteiger partial charge in [0.15, 0.2) is 5.89 Å². The highest BCUT2D eigenvalue weighted by molar-refractivity contribution is 5.90. The van der Waals surface area contributed by atoms with Gasteiger partial charge in [0.1, 0.15) is 0 Å². The molecule has 5 nitrogen and oxygen atoms in total. The van der Waals surface area contributed by atoms with Gasteiger partial charge in [-0.25, -0.2) is 9.78 Å². The molecule has 0 aliphatic heterocycles. The summed E-state index contributed by atoms with van der Waals surface area (Å²) in [6.45, 7) is 3.80. The number of hydrogen-bond donors (Lipinski definition) is 1. The highest BCUT2D eigenvalue weighted by atomic mass is 16.4. The van der Waals surface area contributed by atoms with E-state index in [9.17, 15) is 4.79 Å². The fraction of sp³-hybridized carbons (Fsp3) is 0.556. The first kappa shape index (κ1) is 10.6. The van der Waals surface area contributed by atoms with Crippen molar-refractivity contribution in [3.63, 3.8) is 0 Å². The fourth-order valence-electron chi connectivity index (χ4n) is 1.02. The molecule has 0 amide bonds. The maximum absolute atomic E-state index is 10.8. The average molecular weight is 198 g/mol. The minimum absolute atomic E-state index is 0.0290. The molecule has 5 heteroatoms. The van der Waals surface area contributed by atoms with Crippen LogP contribution in [0, 0.1) is 0 Å². The quantitative estimate of drug-likeness (QED) is 0.798. The molecule has 1 N–H and O–H groups in total. The molecule has 1 heterocycles. The largest absolute Gasteiger partial charge is 0.476 e. The summed E-state index contributed by atoms with van der Waals surface area (Å²) < 4.78 is 5.33. The molecule has 78 valence electrons. The van der Waals surface area contributed by atoms with Gasteiger partial charge in [0.2, 0.25) is 11.6 Å². The molecule has 0 aliphatic carbocycles. The van der Waals surface area contributed by atoms with Crippen LogP contribution in [0.1, 0.15) is 36.1 Å². The Balaban J connectivity index is 3.19. The van der Waals surface area contributed by atoms with E-state index >= 15 is 0 Å². The zero-order chi connectivity index (χ0) is 10.9. The maximum atomic E-state index is 10.8. The number of aromatic carboxylic acids is 1. The molecule has 0 aliphatic rings. The van der Waals surface area contributed by atoms with Gasteiger partial charge in [0, 0.05) is 20.0 Å². The second-order valence-corrected chi connectivity index (χ2v) is 3.56. The van der Waals surface area contributed by atoms with Crippen molar-refractivity contribution >= 4 is 11.9 Å². The third kappa shape index (κ3) is 1.86. The molecular formula is C9H14N2O3. The predicted molar refractivity (Wildman–Crippen MR) is 51.9 cm³/mol. The number of rotatable bonds is 3. The van der Waals surface area contributed by atoms with E-state index in [1.165, 1.54) is 0 Å². The Morgan fingerprint density at radius 3 is 2.36 bits per heavy atom. The number of carboxylic acid groups (broad SMARTS) is 1. The molecule has 0 fully saturated rings. The van der Waals surface area contributed by atoms with E-state index < -0.39 is 5.97 Å². The molecule has 1 rings (SSSR count). The Kier molecular flexibility index (Phi) is 2.78. The molecule has 0 saturated heterocycles. The normalized spacial score (nSPS) is 10.6. The van der Waals surface area contributed by atoms with Crippen LogP contribution in [0.5, 0.6) is 0 Å². The maximum Gasteiger partial charge on any atom is 0.360 e. The van der Waals surface area contributed by atoms with Gasteiger partial charge in [-0.15, -0.1) is 0 Å². The van der Waals surface area contributed by atoms with Gasteiger partial charge < -0.3 is 14.4 Å². The molecular weight excluding hydrogens is 184 g/mol. The van der Waals surface area contributed by atoms with E-state index in [-0.39, 0.29) is 11.6 Å². The van der Waals surface area contributed by atoms with Crippen molar-refractivity contribution in [2.24, 2.45) is 0 Å². The first-order chi connectivity index (χ1) is 6.43. The van der Waals surface area contributed by atoms with Crippen molar-refractivity contribution in [3.05, 3.63) is 11.6 Å². The fourth-order valence-corrected chi connectivity index (χ4v) is 1.02. The van der Waals surface area contributed by atoms with Gasteiger partial charge in [-0.2, -0.15) is 0 Å². The zero-order valence-electron chi connectivity index (χ0n) is 8.74. The van der Waals surface area contributed by atoms with Gasteiger partial charge in [-0.3, -0.25) is 0 Å². The van der Waals surface area contributed by atoms with Crippen molar-refractivity contribution in [2.75, 3.05) is 19.0 Å². The molecule has 0 bridgehead atoms. The molecule has 1 aromatic rings. The van der Waals surface area contributed by atoms with Gasteiger partial charge in [-0.05, 0) is 0 Å². The topological polar surface area (TPSA) is 66.6 Å². The Labute approximate surface area is 82.4 Å². The number of oxazole rings is 1. The molecule has 0 spiro atoms. The van der Waals surface area contributed by atoms with Crippen LogP contribution in [0.4, 0.5) is 5.88 Å². The Bertz CT molecular complexity index is 342. The van der Waals surface area contributed by atoms with E-state index in [1.54, 1.807) is 19.0 Å². The van der Waals surface area contributed by atoms with Crippen molar-refractivity contribution < 1.29 is 14.3 Å². The average Bonchev–Trinajstić information content (AvgIpc) is 2.47. The van der Waals surface area contributed by atoms with Crippen LogP contribution in [0.2, 0.25) is 0 Å². The smallest absolute Gasteiger partial charge is 0.360 e. The zero-order valence-corrected chi connectivity index (χ0v) is 8.74. The van der Waals surface area contributed by atoms with Crippen LogP contribution in [0.3, 0.4) is 0 Å². The van der Waals surface area contributed by atoms with E-state index in [4.69, 9.17) is 9.52 Å². The Hall–Kier alpha value is -1.52. The lowest BCUT2D eigenvalue weighted by Crippen LogP contribution is -2.12. The highest BCUT2D eigenvalue weighted by Gasteiger charge is 2.21. The van der Waals surface area contributed by atoms with Crippen LogP contribution in [-0.2, 0) is 0 Å². The van der Waals surface area contributed by atoms with Crippen molar-refractivity contribution in [1.82, 2.24) is 4.98 Å². The van der Waals surface area contributed by atoms with Crippen molar-refractivity contribution in [2.45, 2.75) is 19.8 Å². The van der Waals surface area contributed by atoms with Gasteiger partial charge in [-0.1, -0.05) is 13.8 Å². The molecule has 0 aromatic carbocycles. The summed E-state index contributed by atoms with van der Waals surface area (Å²) in [5, 5.41) is 8.86. The summed E-state index contributed by atoms with van der Waals surface area (Å²) in [7, 11) is 3.44. The van der Waals surface area contributed by atoms with Gasteiger partial charge in [0.05, 0.1) is 0 Å². The lowest BCUT2D eigenvalue weighted by Gasteiger charge is -2.07. The summed E-state index contributed by atoms with van der Waals surface area (Å²) in [5.41, 5.74) is -0.0290. The van der Waals surface area contributed by atoms with Crippen LogP contribution in [0.25, 0.3) is 0 Å². The van der Waals surface area contributed by atoms with Gasteiger partial charge in [0.25, 0.3) is 0 Å². The first-order valence-corrected chi connectivity index (χ1v) is 4.34. The third-order valence-electron chi connectivity index (χ3n) is 1.73. The summed E-state index contributed by atoms with van der Waals surface area (Å²) in [4.78, 5) is 16.3. The Morgan fingerprint density at radius 2 is 2.07 bits per heavy atom. The molecule has 1 aromatic heterocycles. The summed E-state index contributed by atoms with van der Waals surface area (Å²) in [6.07, 6.45) is 0. The minimum atomic E-state index is -1.07. The van der Waals surface area contributed by atoms with Crippen LogP contribution >= 0.6 is 0 Å². The Morgan fingerprint density at radius 1 is 1.50 bits per heavy atom. The van der Waals surface area contributed by atoms with E-state index in [2.05, 4.69) is 4.98 Å². The monoisotopic (exact) mass is 198 g/mol. The summed E-state index contributed by atoms with van der Waals surface area (Å²) in [5.74, 6) is -0.238.